The summed E-state index contributed by atoms with van der Waals surface area (Å²) in [6.07, 6.45) is 1.50. The molecular formula is C15H25ClN4O. The quantitative estimate of drug-likeness (QED) is 0.775. The van der Waals surface area contributed by atoms with E-state index < -0.39 is 0 Å². The first-order chi connectivity index (χ1) is 10.0. The van der Waals surface area contributed by atoms with Crippen molar-refractivity contribution < 1.29 is 4.79 Å². The molecule has 1 amide bonds. The van der Waals surface area contributed by atoms with Crippen molar-refractivity contribution in [3.8, 4) is 0 Å². The maximum absolute atomic E-state index is 12.3. The van der Waals surface area contributed by atoms with Crippen molar-refractivity contribution in [3.05, 3.63) is 22.8 Å². The average Bonchev–Trinajstić information content (AvgIpc) is 2.46. The van der Waals surface area contributed by atoms with Crippen LogP contribution < -0.4 is 10.6 Å². The van der Waals surface area contributed by atoms with Gasteiger partial charge in [-0.3, -0.25) is 4.79 Å². The second kappa shape index (κ2) is 8.85. The Labute approximate surface area is 132 Å². The van der Waals surface area contributed by atoms with Crippen molar-refractivity contribution in [3.63, 3.8) is 0 Å². The van der Waals surface area contributed by atoms with Crippen LogP contribution in [-0.2, 0) is 0 Å². The van der Waals surface area contributed by atoms with Crippen LogP contribution >= 0.6 is 11.6 Å². The Morgan fingerprint density at radius 3 is 2.62 bits per heavy atom. The second-order valence-electron chi connectivity index (χ2n) is 4.94. The standard InChI is InChI=1S/C15H25ClN4O/c1-5-17-14-8-12(13(16)9-18-14)15(21)19-11(4)10-20(6-2)7-3/h8-9,11H,5-7,10H2,1-4H3,(H,17,18)(H,19,21). The van der Waals surface area contributed by atoms with Gasteiger partial charge >= 0.3 is 0 Å². The van der Waals surface area contributed by atoms with E-state index in [1.807, 2.05) is 13.8 Å². The molecule has 5 nitrogen and oxygen atoms in total. The number of pyridine rings is 1. The molecule has 0 bridgehead atoms. The highest BCUT2D eigenvalue weighted by atomic mass is 35.5. The van der Waals surface area contributed by atoms with Crippen LogP contribution in [0.3, 0.4) is 0 Å². The molecule has 0 saturated heterocycles. The Bertz CT molecular complexity index is 463. The van der Waals surface area contributed by atoms with Crippen molar-refractivity contribution in [1.29, 1.82) is 0 Å². The fourth-order valence-corrected chi connectivity index (χ4v) is 2.30. The lowest BCUT2D eigenvalue weighted by molar-refractivity contribution is 0.0930. The summed E-state index contributed by atoms with van der Waals surface area (Å²) in [7, 11) is 0. The molecule has 1 aromatic heterocycles. The lowest BCUT2D eigenvalue weighted by Crippen LogP contribution is -2.42. The Kier molecular flexibility index (Phi) is 7.47. The summed E-state index contributed by atoms with van der Waals surface area (Å²) in [5, 5.41) is 6.43. The first kappa shape index (κ1) is 17.7. The molecule has 118 valence electrons. The van der Waals surface area contributed by atoms with Gasteiger partial charge in [-0.25, -0.2) is 4.98 Å². The predicted molar refractivity (Wildman–Crippen MR) is 88.1 cm³/mol. The number of rotatable bonds is 8. The van der Waals surface area contributed by atoms with Crippen molar-refractivity contribution >= 4 is 23.3 Å². The van der Waals surface area contributed by atoms with Gasteiger partial charge in [0.15, 0.2) is 0 Å². The van der Waals surface area contributed by atoms with Crippen LogP contribution in [-0.4, -0.2) is 48.0 Å². The third kappa shape index (κ3) is 5.52. The molecule has 2 N–H and O–H groups in total. The normalized spacial score (nSPS) is 12.3. The largest absolute Gasteiger partial charge is 0.370 e. The smallest absolute Gasteiger partial charge is 0.253 e. The van der Waals surface area contributed by atoms with Gasteiger partial charge in [-0.05, 0) is 33.0 Å². The van der Waals surface area contributed by atoms with Crippen molar-refractivity contribution in [2.45, 2.75) is 33.7 Å². The lowest BCUT2D eigenvalue weighted by Gasteiger charge is -2.23. The van der Waals surface area contributed by atoms with Gasteiger partial charge in [0.25, 0.3) is 5.91 Å². The summed E-state index contributed by atoms with van der Waals surface area (Å²) in [6, 6.07) is 1.75. The molecule has 0 fully saturated rings. The highest BCUT2D eigenvalue weighted by molar-refractivity contribution is 6.33. The molecule has 1 rings (SSSR count). The molecule has 0 radical (unpaired) electrons. The summed E-state index contributed by atoms with van der Waals surface area (Å²) in [5.41, 5.74) is 0.453. The molecule has 0 aliphatic carbocycles. The van der Waals surface area contributed by atoms with Gasteiger partial charge in [0, 0.05) is 25.3 Å². The Morgan fingerprint density at radius 2 is 2.05 bits per heavy atom. The molecule has 0 aromatic carbocycles. The summed E-state index contributed by atoms with van der Waals surface area (Å²) >= 11 is 6.07. The monoisotopic (exact) mass is 312 g/mol. The summed E-state index contributed by atoms with van der Waals surface area (Å²) < 4.78 is 0. The number of anilines is 1. The number of carbonyl (C=O) groups is 1. The first-order valence-electron chi connectivity index (χ1n) is 7.44. The van der Waals surface area contributed by atoms with E-state index in [2.05, 4.69) is 34.4 Å². The number of hydrogen-bond donors (Lipinski definition) is 2. The SMILES string of the molecule is CCNc1cc(C(=O)NC(C)CN(CC)CC)c(Cl)cn1. The van der Waals surface area contributed by atoms with E-state index in [1.165, 1.54) is 6.20 Å². The zero-order chi connectivity index (χ0) is 15.8. The highest BCUT2D eigenvalue weighted by Crippen LogP contribution is 2.18. The Morgan fingerprint density at radius 1 is 1.38 bits per heavy atom. The first-order valence-corrected chi connectivity index (χ1v) is 7.82. The van der Waals surface area contributed by atoms with Gasteiger partial charge in [0.1, 0.15) is 5.82 Å². The van der Waals surface area contributed by atoms with E-state index >= 15 is 0 Å². The average molecular weight is 313 g/mol. The molecule has 1 heterocycles. The van der Waals surface area contributed by atoms with Crippen LogP contribution in [0.4, 0.5) is 5.82 Å². The number of halogens is 1. The maximum atomic E-state index is 12.3. The summed E-state index contributed by atoms with van der Waals surface area (Å²) in [6.45, 7) is 11.7. The van der Waals surface area contributed by atoms with Gasteiger partial charge < -0.3 is 15.5 Å². The number of nitrogens with one attached hydrogen (secondary N) is 2. The fraction of sp³-hybridized carbons (Fsp3) is 0.600. The molecule has 1 atom stereocenters. The second-order valence-corrected chi connectivity index (χ2v) is 5.35. The number of amides is 1. The zero-order valence-corrected chi connectivity index (χ0v) is 14.0. The number of carbonyl (C=O) groups excluding carboxylic acids is 1. The molecule has 21 heavy (non-hydrogen) atoms. The number of hydrogen-bond acceptors (Lipinski definition) is 4. The van der Waals surface area contributed by atoms with Gasteiger partial charge in [0.2, 0.25) is 0 Å². The minimum Gasteiger partial charge on any atom is -0.370 e. The predicted octanol–water partition coefficient (Wildman–Crippen LogP) is 2.63. The van der Waals surface area contributed by atoms with E-state index in [9.17, 15) is 4.79 Å². The van der Waals surface area contributed by atoms with Crippen LogP contribution in [0, 0.1) is 0 Å². The van der Waals surface area contributed by atoms with E-state index in [0.717, 1.165) is 26.2 Å². The Balaban J connectivity index is 2.72. The molecule has 1 aromatic rings. The number of aromatic nitrogens is 1. The van der Waals surface area contributed by atoms with Crippen LogP contribution in [0.15, 0.2) is 12.3 Å². The van der Waals surface area contributed by atoms with Gasteiger partial charge in [-0.15, -0.1) is 0 Å². The Hall–Kier alpha value is -1.33. The minimum atomic E-state index is -0.166. The topological polar surface area (TPSA) is 57.3 Å². The molecule has 0 aliphatic rings. The fourth-order valence-electron chi connectivity index (χ4n) is 2.11. The van der Waals surface area contributed by atoms with Crippen LogP contribution in [0.1, 0.15) is 38.1 Å². The molecular weight excluding hydrogens is 288 g/mol. The van der Waals surface area contributed by atoms with Gasteiger partial charge in [-0.1, -0.05) is 25.4 Å². The molecule has 6 heteroatoms. The van der Waals surface area contributed by atoms with Gasteiger partial charge in [-0.2, -0.15) is 0 Å². The van der Waals surface area contributed by atoms with Crippen LogP contribution in [0.5, 0.6) is 0 Å². The number of nitrogens with zero attached hydrogens (tertiary/aromatic N) is 2. The third-order valence-corrected chi connectivity index (χ3v) is 3.56. The van der Waals surface area contributed by atoms with E-state index in [1.54, 1.807) is 6.07 Å². The van der Waals surface area contributed by atoms with Crippen LogP contribution in [0.2, 0.25) is 5.02 Å². The summed E-state index contributed by atoms with van der Waals surface area (Å²) in [4.78, 5) is 18.7. The third-order valence-electron chi connectivity index (χ3n) is 3.26. The van der Waals surface area contributed by atoms with E-state index in [0.29, 0.717) is 16.4 Å². The van der Waals surface area contributed by atoms with Crippen molar-refractivity contribution in [1.82, 2.24) is 15.2 Å². The minimum absolute atomic E-state index is 0.0595. The van der Waals surface area contributed by atoms with Crippen molar-refractivity contribution in [2.24, 2.45) is 0 Å². The summed E-state index contributed by atoms with van der Waals surface area (Å²) in [5.74, 6) is 0.490. The van der Waals surface area contributed by atoms with Gasteiger partial charge in [0.05, 0.1) is 10.6 Å². The number of likely N-dealkylation sites (N-methyl/N-ethyl adjacent to an activating group) is 1. The molecule has 0 saturated carbocycles. The van der Waals surface area contributed by atoms with Crippen molar-refractivity contribution in [2.75, 3.05) is 31.5 Å². The zero-order valence-electron chi connectivity index (χ0n) is 13.2. The molecule has 0 spiro atoms. The molecule has 0 aliphatic heterocycles. The molecule has 1 unspecified atom stereocenters. The van der Waals surface area contributed by atoms with E-state index in [-0.39, 0.29) is 11.9 Å². The van der Waals surface area contributed by atoms with Crippen LogP contribution in [0.25, 0.3) is 0 Å². The highest BCUT2D eigenvalue weighted by Gasteiger charge is 2.15. The lowest BCUT2D eigenvalue weighted by atomic mass is 10.2. The van der Waals surface area contributed by atoms with E-state index in [4.69, 9.17) is 11.6 Å². The maximum Gasteiger partial charge on any atom is 0.253 e.